The van der Waals surface area contributed by atoms with Crippen LogP contribution in [-0.4, -0.2) is 46.2 Å². The highest BCUT2D eigenvalue weighted by molar-refractivity contribution is 5.96. The van der Waals surface area contributed by atoms with Crippen molar-refractivity contribution < 1.29 is 27.2 Å². The van der Waals surface area contributed by atoms with Crippen LogP contribution in [0.1, 0.15) is 40.9 Å². The number of nitrogens with one attached hydrogen (secondary N) is 1. The average Bonchev–Trinajstić information content (AvgIpc) is 3.33. The molecular weight excluding hydrogens is 522 g/mol. The van der Waals surface area contributed by atoms with E-state index in [9.17, 15) is 27.2 Å². The Morgan fingerprint density at radius 3 is 2.35 bits per heavy atom. The number of halogens is 4. The predicted molar refractivity (Wildman–Crippen MR) is 146 cm³/mol. The number of alkyl halides is 3. The topological polar surface area (TPSA) is 56.4 Å². The Hall–Kier alpha value is -4.14. The van der Waals surface area contributed by atoms with Gasteiger partial charge >= 0.3 is 6.18 Å². The SMILES string of the molecule is CC(C)CN(CC(=O)N(CCc1c[nH]c2ccccc12)Cc1ccc(F)cc1)C(=O)c1cccc(C(F)(F)F)c1. The van der Waals surface area contributed by atoms with Gasteiger partial charge in [0, 0.05) is 42.3 Å². The van der Waals surface area contributed by atoms with Crippen LogP contribution in [0.3, 0.4) is 0 Å². The van der Waals surface area contributed by atoms with E-state index in [0.29, 0.717) is 18.5 Å². The second kappa shape index (κ2) is 12.4. The first-order chi connectivity index (χ1) is 19.0. The van der Waals surface area contributed by atoms with E-state index in [1.165, 1.54) is 29.2 Å². The number of rotatable bonds is 10. The molecule has 4 aromatic rings. The lowest BCUT2D eigenvalue weighted by atomic mass is 10.1. The molecule has 1 aromatic heterocycles. The predicted octanol–water partition coefficient (Wildman–Crippen LogP) is 6.70. The first kappa shape index (κ1) is 28.9. The second-order valence-corrected chi connectivity index (χ2v) is 10.2. The molecule has 2 amide bonds. The number of para-hydroxylation sites is 1. The van der Waals surface area contributed by atoms with Gasteiger partial charge in [-0.2, -0.15) is 13.2 Å². The van der Waals surface area contributed by atoms with Gasteiger partial charge in [0.1, 0.15) is 12.4 Å². The summed E-state index contributed by atoms with van der Waals surface area (Å²) in [6, 6.07) is 17.9. The first-order valence-corrected chi connectivity index (χ1v) is 13.0. The first-order valence-electron chi connectivity index (χ1n) is 13.0. The maximum Gasteiger partial charge on any atom is 0.416 e. The van der Waals surface area contributed by atoms with Gasteiger partial charge in [0.05, 0.1) is 5.56 Å². The van der Waals surface area contributed by atoms with Gasteiger partial charge < -0.3 is 14.8 Å². The van der Waals surface area contributed by atoms with E-state index in [2.05, 4.69) is 4.98 Å². The van der Waals surface area contributed by atoms with Gasteiger partial charge in [-0.05, 0) is 59.9 Å². The molecule has 0 aliphatic rings. The van der Waals surface area contributed by atoms with E-state index in [0.717, 1.165) is 28.6 Å². The number of aromatic amines is 1. The van der Waals surface area contributed by atoms with E-state index in [1.54, 1.807) is 17.0 Å². The zero-order valence-corrected chi connectivity index (χ0v) is 22.3. The third kappa shape index (κ3) is 7.28. The molecule has 0 bridgehead atoms. The van der Waals surface area contributed by atoms with Crippen molar-refractivity contribution in [1.82, 2.24) is 14.8 Å². The van der Waals surface area contributed by atoms with Crippen LogP contribution in [0.2, 0.25) is 0 Å². The lowest BCUT2D eigenvalue weighted by Gasteiger charge is -2.29. The van der Waals surface area contributed by atoms with E-state index >= 15 is 0 Å². The molecule has 0 unspecified atom stereocenters. The molecule has 4 rings (SSSR count). The molecule has 1 heterocycles. The van der Waals surface area contributed by atoms with Crippen molar-refractivity contribution in [2.75, 3.05) is 19.6 Å². The molecular formula is C31H31F4N3O2. The Labute approximate surface area is 230 Å². The molecule has 0 aliphatic carbocycles. The van der Waals surface area contributed by atoms with Gasteiger partial charge in [-0.25, -0.2) is 4.39 Å². The van der Waals surface area contributed by atoms with Crippen molar-refractivity contribution in [2.45, 2.75) is 33.0 Å². The molecule has 0 aliphatic heterocycles. The zero-order chi connectivity index (χ0) is 28.9. The highest BCUT2D eigenvalue weighted by Crippen LogP contribution is 2.30. The molecule has 0 saturated heterocycles. The summed E-state index contributed by atoms with van der Waals surface area (Å²) in [7, 11) is 0. The van der Waals surface area contributed by atoms with Crippen molar-refractivity contribution >= 4 is 22.7 Å². The van der Waals surface area contributed by atoms with Crippen molar-refractivity contribution in [3.63, 3.8) is 0 Å². The van der Waals surface area contributed by atoms with E-state index in [1.807, 2.05) is 44.3 Å². The maximum absolute atomic E-state index is 13.7. The molecule has 0 radical (unpaired) electrons. The largest absolute Gasteiger partial charge is 0.416 e. The van der Waals surface area contributed by atoms with Crippen LogP contribution in [-0.2, 0) is 23.9 Å². The normalized spacial score (nSPS) is 11.7. The van der Waals surface area contributed by atoms with Gasteiger partial charge in [-0.3, -0.25) is 9.59 Å². The van der Waals surface area contributed by atoms with E-state index in [4.69, 9.17) is 0 Å². The minimum atomic E-state index is -4.59. The molecule has 0 atom stereocenters. The number of carbonyl (C=O) groups excluding carboxylic acids is 2. The van der Waals surface area contributed by atoms with Crippen molar-refractivity contribution in [1.29, 1.82) is 0 Å². The summed E-state index contributed by atoms with van der Waals surface area (Å²) in [6.45, 7) is 4.13. The summed E-state index contributed by atoms with van der Waals surface area (Å²) in [6.07, 6.45) is -2.17. The summed E-state index contributed by atoms with van der Waals surface area (Å²) >= 11 is 0. The highest BCUT2D eigenvalue weighted by atomic mass is 19.4. The standard InChI is InChI=1S/C31H31F4N3O2/c1-21(2)18-38(30(40)23-6-5-7-25(16-23)31(33,34)35)20-29(39)37(19-22-10-12-26(32)13-11-22)15-14-24-17-36-28-9-4-3-8-27(24)28/h3-13,16-17,21,36H,14-15,18-20H2,1-2H3. The van der Waals surface area contributed by atoms with Gasteiger partial charge in [0.25, 0.3) is 5.91 Å². The van der Waals surface area contributed by atoms with Crippen LogP contribution < -0.4 is 0 Å². The third-order valence-electron chi connectivity index (χ3n) is 6.60. The number of aromatic nitrogens is 1. The Morgan fingerprint density at radius 2 is 1.65 bits per heavy atom. The maximum atomic E-state index is 13.7. The average molecular weight is 554 g/mol. The van der Waals surface area contributed by atoms with E-state index in [-0.39, 0.29) is 37.0 Å². The summed E-state index contributed by atoms with van der Waals surface area (Å²) in [5.41, 5.74) is 1.65. The Bertz CT molecular complexity index is 1460. The zero-order valence-electron chi connectivity index (χ0n) is 22.3. The lowest BCUT2D eigenvalue weighted by molar-refractivity contribution is -0.137. The molecule has 1 N–H and O–H groups in total. The lowest BCUT2D eigenvalue weighted by Crippen LogP contribution is -2.44. The fourth-order valence-corrected chi connectivity index (χ4v) is 4.63. The van der Waals surface area contributed by atoms with Crippen molar-refractivity contribution in [3.05, 3.63) is 107 Å². The van der Waals surface area contributed by atoms with Crippen LogP contribution in [0.25, 0.3) is 10.9 Å². The minimum absolute atomic E-state index is 0.0284. The third-order valence-corrected chi connectivity index (χ3v) is 6.60. The summed E-state index contributed by atoms with van der Waals surface area (Å²) < 4.78 is 53.3. The fourth-order valence-electron chi connectivity index (χ4n) is 4.63. The molecule has 0 saturated carbocycles. The Kier molecular flexibility index (Phi) is 8.92. The molecule has 3 aromatic carbocycles. The van der Waals surface area contributed by atoms with Crippen molar-refractivity contribution in [2.24, 2.45) is 5.92 Å². The fraction of sp³-hybridized carbons (Fsp3) is 0.290. The number of amides is 2. The summed E-state index contributed by atoms with van der Waals surface area (Å²) in [5, 5.41) is 1.04. The second-order valence-electron chi connectivity index (χ2n) is 10.2. The van der Waals surface area contributed by atoms with Crippen LogP contribution in [0, 0.1) is 11.7 Å². The molecule has 40 heavy (non-hydrogen) atoms. The molecule has 5 nitrogen and oxygen atoms in total. The minimum Gasteiger partial charge on any atom is -0.361 e. The van der Waals surface area contributed by atoms with E-state index < -0.39 is 23.5 Å². The van der Waals surface area contributed by atoms with Crippen LogP contribution in [0.5, 0.6) is 0 Å². The van der Waals surface area contributed by atoms with Crippen molar-refractivity contribution in [3.8, 4) is 0 Å². The Morgan fingerprint density at radius 1 is 0.925 bits per heavy atom. The smallest absolute Gasteiger partial charge is 0.361 e. The van der Waals surface area contributed by atoms with Gasteiger partial charge in [0.15, 0.2) is 0 Å². The summed E-state index contributed by atoms with van der Waals surface area (Å²) in [4.78, 5) is 33.1. The number of nitrogens with zero attached hydrogens (tertiary/aromatic N) is 2. The van der Waals surface area contributed by atoms with Crippen LogP contribution in [0.15, 0.2) is 79.0 Å². The number of benzene rings is 3. The summed E-state index contributed by atoms with van der Waals surface area (Å²) in [5.74, 6) is -1.42. The van der Waals surface area contributed by atoms with Gasteiger partial charge in [-0.15, -0.1) is 0 Å². The number of hydrogen-bond donors (Lipinski definition) is 1. The van der Waals surface area contributed by atoms with Crippen LogP contribution >= 0.6 is 0 Å². The van der Waals surface area contributed by atoms with Crippen LogP contribution in [0.4, 0.5) is 17.6 Å². The molecule has 0 fully saturated rings. The number of hydrogen-bond acceptors (Lipinski definition) is 2. The van der Waals surface area contributed by atoms with Gasteiger partial charge in [-0.1, -0.05) is 50.2 Å². The number of fused-ring (bicyclic) bond motifs is 1. The number of carbonyl (C=O) groups is 2. The molecule has 9 heteroatoms. The quantitative estimate of drug-likeness (QED) is 0.222. The monoisotopic (exact) mass is 553 g/mol. The molecule has 0 spiro atoms. The number of H-pyrrole nitrogens is 1. The molecule has 210 valence electrons. The van der Waals surface area contributed by atoms with Gasteiger partial charge in [0.2, 0.25) is 5.91 Å². The highest BCUT2D eigenvalue weighted by Gasteiger charge is 2.32. The Balaban J connectivity index is 1.57.